The van der Waals surface area contributed by atoms with Gasteiger partial charge in [-0.15, -0.1) is 0 Å². The third-order valence-corrected chi connectivity index (χ3v) is 4.35. The highest BCUT2D eigenvalue weighted by molar-refractivity contribution is 7.80. The molecule has 0 atom stereocenters. The maximum absolute atomic E-state index is 12.3. The molecule has 166 valence electrons. The maximum atomic E-state index is 12.3. The van der Waals surface area contributed by atoms with Crippen LogP contribution in [0.1, 0.15) is 49.5 Å². The summed E-state index contributed by atoms with van der Waals surface area (Å²) in [5.41, 5.74) is 6.34. The Kier molecular flexibility index (Phi) is 9.27. The van der Waals surface area contributed by atoms with Crippen LogP contribution < -0.4 is 25.6 Å². The standard InChI is InChI=1S/C23H29N3O4S/c1-15(2)13-29-18-11-9-17(10-12-18)22(28)24-23(31)26-25-21(27)14-30-20-8-6-5-7-19(20)16(3)4/h5-12,15-16H,13-14H2,1-4H3,(H,25,27)(H2,24,26,28,31). The van der Waals surface area contributed by atoms with Crippen molar-refractivity contribution in [3.8, 4) is 11.5 Å². The predicted octanol–water partition coefficient (Wildman–Crippen LogP) is 3.56. The summed E-state index contributed by atoms with van der Waals surface area (Å²) in [4.78, 5) is 24.3. The fourth-order valence-corrected chi connectivity index (χ4v) is 2.71. The van der Waals surface area contributed by atoms with E-state index in [0.717, 1.165) is 5.56 Å². The van der Waals surface area contributed by atoms with Gasteiger partial charge in [-0.05, 0) is 59.9 Å². The first-order chi connectivity index (χ1) is 14.8. The molecule has 0 spiro atoms. The van der Waals surface area contributed by atoms with Gasteiger partial charge in [-0.25, -0.2) is 0 Å². The molecular weight excluding hydrogens is 414 g/mol. The third kappa shape index (κ3) is 8.25. The Balaban J connectivity index is 1.76. The van der Waals surface area contributed by atoms with Crippen molar-refractivity contribution in [3.05, 3.63) is 59.7 Å². The van der Waals surface area contributed by atoms with E-state index < -0.39 is 11.8 Å². The molecular formula is C23H29N3O4S. The van der Waals surface area contributed by atoms with Gasteiger partial charge in [-0.1, -0.05) is 45.9 Å². The van der Waals surface area contributed by atoms with Gasteiger partial charge in [-0.2, -0.15) is 0 Å². The zero-order chi connectivity index (χ0) is 22.8. The van der Waals surface area contributed by atoms with Crippen molar-refractivity contribution in [1.82, 2.24) is 16.2 Å². The van der Waals surface area contributed by atoms with Crippen LogP contribution >= 0.6 is 12.2 Å². The Labute approximate surface area is 188 Å². The first kappa shape index (κ1) is 24.1. The first-order valence-electron chi connectivity index (χ1n) is 10.1. The van der Waals surface area contributed by atoms with Crippen molar-refractivity contribution < 1.29 is 19.1 Å². The number of para-hydroxylation sites is 1. The van der Waals surface area contributed by atoms with Crippen LogP contribution in [0.25, 0.3) is 0 Å². The van der Waals surface area contributed by atoms with Gasteiger partial charge in [0.15, 0.2) is 11.7 Å². The third-order valence-electron chi connectivity index (χ3n) is 4.14. The highest BCUT2D eigenvalue weighted by Gasteiger charge is 2.11. The fourth-order valence-electron chi connectivity index (χ4n) is 2.57. The Morgan fingerprint density at radius 3 is 2.26 bits per heavy atom. The lowest BCUT2D eigenvalue weighted by atomic mass is 10.0. The Morgan fingerprint density at radius 2 is 1.61 bits per heavy atom. The van der Waals surface area contributed by atoms with Crippen LogP contribution in [-0.2, 0) is 4.79 Å². The molecule has 0 aliphatic carbocycles. The quantitative estimate of drug-likeness (QED) is 0.427. The molecule has 0 aromatic heterocycles. The highest BCUT2D eigenvalue weighted by Crippen LogP contribution is 2.25. The number of hydrogen-bond acceptors (Lipinski definition) is 5. The molecule has 0 unspecified atom stereocenters. The monoisotopic (exact) mass is 443 g/mol. The van der Waals surface area contributed by atoms with Crippen molar-refractivity contribution in [1.29, 1.82) is 0 Å². The number of amides is 2. The lowest BCUT2D eigenvalue weighted by Crippen LogP contribution is -2.49. The molecule has 2 aromatic carbocycles. The van der Waals surface area contributed by atoms with Crippen LogP contribution in [0.3, 0.4) is 0 Å². The average molecular weight is 444 g/mol. The van der Waals surface area contributed by atoms with Crippen molar-refractivity contribution in [2.75, 3.05) is 13.2 Å². The molecule has 0 bridgehead atoms. The van der Waals surface area contributed by atoms with Gasteiger partial charge in [0, 0.05) is 5.56 Å². The van der Waals surface area contributed by atoms with Gasteiger partial charge >= 0.3 is 0 Å². The lowest BCUT2D eigenvalue weighted by molar-refractivity contribution is -0.123. The van der Waals surface area contributed by atoms with Crippen LogP contribution in [0.2, 0.25) is 0 Å². The van der Waals surface area contributed by atoms with Crippen LogP contribution in [-0.4, -0.2) is 30.1 Å². The largest absolute Gasteiger partial charge is 0.493 e. The second-order valence-corrected chi connectivity index (χ2v) is 8.08. The molecule has 7 nitrogen and oxygen atoms in total. The molecule has 0 heterocycles. The zero-order valence-electron chi connectivity index (χ0n) is 18.2. The number of hydrogen-bond donors (Lipinski definition) is 3. The average Bonchev–Trinajstić information content (AvgIpc) is 2.75. The van der Waals surface area contributed by atoms with Crippen molar-refractivity contribution in [3.63, 3.8) is 0 Å². The Morgan fingerprint density at radius 1 is 0.935 bits per heavy atom. The number of carbonyl (C=O) groups excluding carboxylic acids is 2. The maximum Gasteiger partial charge on any atom is 0.276 e. The van der Waals surface area contributed by atoms with Gasteiger partial charge in [-0.3, -0.25) is 25.8 Å². The van der Waals surface area contributed by atoms with Crippen molar-refractivity contribution in [2.24, 2.45) is 5.92 Å². The summed E-state index contributed by atoms with van der Waals surface area (Å²) in [6.07, 6.45) is 0. The molecule has 0 aliphatic heterocycles. The molecule has 31 heavy (non-hydrogen) atoms. The van der Waals surface area contributed by atoms with Gasteiger partial charge in [0.05, 0.1) is 6.61 Å². The SMILES string of the molecule is CC(C)COc1ccc(C(=O)NC(=S)NNC(=O)COc2ccccc2C(C)C)cc1. The summed E-state index contributed by atoms with van der Waals surface area (Å²) < 4.78 is 11.2. The number of benzene rings is 2. The molecule has 2 amide bonds. The van der Waals surface area contributed by atoms with E-state index in [1.165, 1.54) is 0 Å². The Hall–Kier alpha value is -3.13. The lowest BCUT2D eigenvalue weighted by Gasteiger charge is -2.14. The smallest absolute Gasteiger partial charge is 0.276 e. The van der Waals surface area contributed by atoms with E-state index in [0.29, 0.717) is 29.6 Å². The van der Waals surface area contributed by atoms with Gasteiger partial charge < -0.3 is 9.47 Å². The molecule has 0 fully saturated rings. The van der Waals surface area contributed by atoms with E-state index >= 15 is 0 Å². The summed E-state index contributed by atoms with van der Waals surface area (Å²) in [5.74, 6) is 1.21. The normalized spacial score (nSPS) is 10.5. The van der Waals surface area contributed by atoms with E-state index in [9.17, 15) is 9.59 Å². The van der Waals surface area contributed by atoms with Gasteiger partial charge in [0.1, 0.15) is 11.5 Å². The fraction of sp³-hybridized carbons (Fsp3) is 0.348. The number of ether oxygens (including phenoxy) is 2. The second kappa shape index (κ2) is 11.9. The summed E-state index contributed by atoms with van der Waals surface area (Å²) in [5, 5.41) is 2.48. The number of nitrogens with one attached hydrogen (secondary N) is 3. The van der Waals surface area contributed by atoms with Gasteiger partial charge in [0.2, 0.25) is 0 Å². The highest BCUT2D eigenvalue weighted by atomic mass is 32.1. The zero-order valence-corrected chi connectivity index (χ0v) is 19.0. The molecule has 0 radical (unpaired) electrons. The molecule has 0 saturated carbocycles. The van der Waals surface area contributed by atoms with E-state index in [1.807, 2.05) is 24.3 Å². The summed E-state index contributed by atoms with van der Waals surface area (Å²) in [6.45, 7) is 8.64. The predicted molar refractivity (Wildman–Crippen MR) is 124 cm³/mol. The number of thiocarbonyl (C=S) groups is 1. The topological polar surface area (TPSA) is 88.7 Å². The van der Waals surface area contributed by atoms with Crippen LogP contribution in [0, 0.1) is 5.92 Å². The molecule has 2 aromatic rings. The van der Waals surface area contributed by atoms with Crippen LogP contribution in [0.15, 0.2) is 48.5 Å². The van der Waals surface area contributed by atoms with E-state index in [-0.39, 0.29) is 17.6 Å². The molecule has 8 heteroatoms. The Bertz CT molecular complexity index is 898. The summed E-state index contributed by atoms with van der Waals surface area (Å²) in [7, 11) is 0. The molecule has 0 saturated heterocycles. The van der Waals surface area contributed by atoms with E-state index in [2.05, 4.69) is 43.9 Å². The van der Waals surface area contributed by atoms with E-state index in [4.69, 9.17) is 21.7 Å². The van der Waals surface area contributed by atoms with Crippen LogP contribution in [0.4, 0.5) is 0 Å². The molecule has 0 aliphatic rings. The summed E-state index contributed by atoms with van der Waals surface area (Å²) >= 11 is 5.05. The second-order valence-electron chi connectivity index (χ2n) is 7.67. The molecule has 2 rings (SSSR count). The molecule has 3 N–H and O–H groups in total. The first-order valence-corrected chi connectivity index (χ1v) is 10.5. The number of hydrazine groups is 1. The summed E-state index contributed by atoms with van der Waals surface area (Å²) in [6, 6.07) is 14.3. The number of rotatable bonds is 8. The van der Waals surface area contributed by atoms with Gasteiger partial charge in [0.25, 0.3) is 11.8 Å². The van der Waals surface area contributed by atoms with Crippen LogP contribution in [0.5, 0.6) is 11.5 Å². The minimum Gasteiger partial charge on any atom is -0.493 e. The van der Waals surface area contributed by atoms with Crippen molar-refractivity contribution in [2.45, 2.75) is 33.6 Å². The van der Waals surface area contributed by atoms with E-state index in [1.54, 1.807) is 24.3 Å². The minimum atomic E-state index is -0.429. The minimum absolute atomic E-state index is 0.0268. The number of carbonyl (C=O) groups is 2. The van der Waals surface area contributed by atoms with Crippen molar-refractivity contribution >= 4 is 29.1 Å².